The van der Waals surface area contributed by atoms with Gasteiger partial charge in [-0.2, -0.15) is 0 Å². The van der Waals surface area contributed by atoms with Gasteiger partial charge in [-0.15, -0.1) is 0 Å². The molecule has 116 valence electrons. The van der Waals surface area contributed by atoms with Crippen LogP contribution in [0.25, 0.3) is 0 Å². The van der Waals surface area contributed by atoms with Crippen LogP contribution in [0.2, 0.25) is 5.02 Å². The number of carboxylic acids is 1. The summed E-state index contributed by atoms with van der Waals surface area (Å²) in [5.41, 5.74) is 0.720. The van der Waals surface area contributed by atoms with Gasteiger partial charge in [0, 0.05) is 17.3 Å². The van der Waals surface area contributed by atoms with E-state index in [2.05, 4.69) is 0 Å². The molecule has 0 fully saturated rings. The van der Waals surface area contributed by atoms with Gasteiger partial charge in [0.1, 0.15) is 6.04 Å². The molecule has 5 nitrogen and oxygen atoms in total. The van der Waals surface area contributed by atoms with Gasteiger partial charge < -0.3 is 14.7 Å². The van der Waals surface area contributed by atoms with Crippen molar-refractivity contribution in [1.29, 1.82) is 0 Å². The molecule has 0 spiro atoms. The number of carbonyl (C=O) groups excluding carboxylic acids is 1. The third-order valence-electron chi connectivity index (χ3n) is 3.07. The normalized spacial score (nSPS) is 11.8. The zero-order chi connectivity index (χ0) is 15.8. The third-order valence-corrected chi connectivity index (χ3v) is 3.32. The second-order valence-corrected chi connectivity index (χ2v) is 4.92. The first-order chi connectivity index (χ1) is 9.99. The van der Waals surface area contributed by atoms with Gasteiger partial charge in [-0.3, -0.25) is 4.79 Å². The lowest BCUT2D eigenvalue weighted by molar-refractivity contribution is -0.143. The Bertz CT molecular complexity index is 475. The Morgan fingerprint density at radius 1 is 1.29 bits per heavy atom. The van der Waals surface area contributed by atoms with Gasteiger partial charge in [0.05, 0.1) is 13.0 Å². The fourth-order valence-electron chi connectivity index (χ4n) is 2.07. The van der Waals surface area contributed by atoms with E-state index in [4.69, 9.17) is 16.3 Å². The number of halogens is 1. The Labute approximate surface area is 129 Å². The first kappa shape index (κ1) is 17.3. The minimum Gasteiger partial charge on any atom is -0.480 e. The van der Waals surface area contributed by atoms with Crippen molar-refractivity contribution >= 4 is 29.2 Å². The summed E-state index contributed by atoms with van der Waals surface area (Å²) in [4.78, 5) is 24.6. The number of carboxylic acid groups (broad SMARTS) is 1. The van der Waals surface area contributed by atoms with Crippen molar-refractivity contribution in [3.63, 3.8) is 0 Å². The highest BCUT2D eigenvalue weighted by molar-refractivity contribution is 6.30. The molecule has 0 saturated heterocycles. The maximum absolute atomic E-state index is 11.5. The van der Waals surface area contributed by atoms with Crippen LogP contribution in [0.4, 0.5) is 5.69 Å². The van der Waals surface area contributed by atoms with Crippen LogP contribution in [-0.4, -0.2) is 36.2 Å². The molecular weight excluding hydrogens is 294 g/mol. The molecule has 1 aromatic carbocycles. The highest BCUT2D eigenvalue weighted by atomic mass is 35.5. The third kappa shape index (κ3) is 5.27. The van der Waals surface area contributed by atoms with Gasteiger partial charge in [-0.05, 0) is 37.6 Å². The molecule has 0 aliphatic rings. The lowest BCUT2D eigenvalue weighted by Crippen LogP contribution is -2.42. The SMILES string of the molecule is CCOC(=O)CCN(c1ccc(Cl)cc1)C(CC)C(=O)O. The van der Waals surface area contributed by atoms with Crippen molar-refractivity contribution in [2.24, 2.45) is 0 Å². The van der Waals surface area contributed by atoms with E-state index in [1.807, 2.05) is 0 Å². The van der Waals surface area contributed by atoms with E-state index < -0.39 is 12.0 Å². The summed E-state index contributed by atoms with van der Waals surface area (Å²) >= 11 is 5.85. The Morgan fingerprint density at radius 3 is 2.38 bits per heavy atom. The van der Waals surface area contributed by atoms with Crippen LogP contribution < -0.4 is 4.90 Å². The van der Waals surface area contributed by atoms with Gasteiger partial charge in [-0.1, -0.05) is 18.5 Å². The van der Waals surface area contributed by atoms with Crippen LogP contribution >= 0.6 is 11.6 Å². The van der Waals surface area contributed by atoms with Crippen molar-refractivity contribution in [1.82, 2.24) is 0 Å². The summed E-state index contributed by atoms with van der Waals surface area (Å²) in [7, 11) is 0. The molecule has 0 aliphatic heterocycles. The second kappa shape index (κ2) is 8.52. The van der Waals surface area contributed by atoms with Gasteiger partial charge in [0.25, 0.3) is 0 Å². The lowest BCUT2D eigenvalue weighted by Gasteiger charge is -2.30. The maximum Gasteiger partial charge on any atom is 0.326 e. The van der Waals surface area contributed by atoms with Crippen molar-refractivity contribution in [2.45, 2.75) is 32.7 Å². The van der Waals surface area contributed by atoms with Gasteiger partial charge in [-0.25, -0.2) is 4.79 Å². The zero-order valence-electron chi connectivity index (χ0n) is 12.2. The molecule has 1 aromatic rings. The number of hydrogen-bond donors (Lipinski definition) is 1. The van der Waals surface area contributed by atoms with E-state index in [0.717, 1.165) is 5.69 Å². The monoisotopic (exact) mass is 313 g/mol. The summed E-state index contributed by atoms with van der Waals surface area (Å²) in [5.74, 6) is -1.26. The number of hydrogen-bond acceptors (Lipinski definition) is 4. The molecule has 21 heavy (non-hydrogen) atoms. The van der Waals surface area contributed by atoms with Crippen LogP contribution in [0.1, 0.15) is 26.7 Å². The van der Waals surface area contributed by atoms with Crippen molar-refractivity contribution in [2.75, 3.05) is 18.1 Å². The van der Waals surface area contributed by atoms with Crippen LogP contribution in [0.3, 0.4) is 0 Å². The van der Waals surface area contributed by atoms with E-state index in [9.17, 15) is 14.7 Å². The number of aliphatic carboxylic acids is 1. The molecule has 6 heteroatoms. The summed E-state index contributed by atoms with van der Waals surface area (Å²) < 4.78 is 4.89. The predicted octanol–water partition coefficient (Wildman–Crippen LogP) is 2.96. The number of nitrogens with zero attached hydrogens (tertiary/aromatic N) is 1. The van der Waals surface area contributed by atoms with Crippen LogP contribution in [0.5, 0.6) is 0 Å². The molecule has 0 radical (unpaired) electrons. The molecule has 0 heterocycles. The zero-order valence-corrected chi connectivity index (χ0v) is 13.0. The van der Waals surface area contributed by atoms with Gasteiger partial charge in [0.15, 0.2) is 0 Å². The highest BCUT2D eigenvalue weighted by Crippen LogP contribution is 2.22. The average Bonchev–Trinajstić information content (AvgIpc) is 2.44. The molecule has 0 aliphatic carbocycles. The highest BCUT2D eigenvalue weighted by Gasteiger charge is 2.24. The van der Waals surface area contributed by atoms with Crippen molar-refractivity contribution in [3.05, 3.63) is 29.3 Å². The molecule has 1 atom stereocenters. The minimum absolute atomic E-state index is 0.139. The average molecular weight is 314 g/mol. The van der Waals surface area contributed by atoms with Crippen molar-refractivity contribution in [3.8, 4) is 0 Å². The fourth-order valence-corrected chi connectivity index (χ4v) is 2.20. The smallest absolute Gasteiger partial charge is 0.326 e. The van der Waals surface area contributed by atoms with Gasteiger partial charge >= 0.3 is 11.9 Å². The summed E-state index contributed by atoms with van der Waals surface area (Å²) in [6.07, 6.45) is 0.570. The standard InChI is InChI=1S/C15H20ClNO4/c1-3-13(15(19)20)17(10-9-14(18)21-4-2)12-7-5-11(16)6-8-12/h5-8,13H,3-4,9-10H2,1-2H3,(H,19,20). The number of anilines is 1. The molecule has 0 amide bonds. The minimum atomic E-state index is -0.920. The predicted molar refractivity (Wildman–Crippen MR) is 81.8 cm³/mol. The molecule has 1 rings (SSSR count). The largest absolute Gasteiger partial charge is 0.480 e. The Morgan fingerprint density at radius 2 is 1.90 bits per heavy atom. The van der Waals surface area contributed by atoms with Crippen LogP contribution in [-0.2, 0) is 14.3 Å². The second-order valence-electron chi connectivity index (χ2n) is 4.49. The lowest BCUT2D eigenvalue weighted by atomic mass is 10.1. The fraction of sp³-hybridized carbons (Fsp3) is 0.467. The number of carbonyl (C=O) groups is 2. The number of benzene rings is 1. The van der Waals surface area contributed by atoms with Crippen LogP contribution in [0.15, 0.2) is 24.3 Å². The summed E-state index contributed by atoms with van der Waals surface area (Å²) in [5, 5.41) is 9.92. The first-order valence-corrected chi connectivity index (χ1v) is 7.28. The summed E-state index contributed by atoms with van der Waals surface area (Å²) in [6.45, 7) is 4.13. The van der Waals surface area contributed by atoms with E-state index in [-0.39, 0.29) is 18.9 Å². The van der Waals surface area contributed by atoms with Crippen molar-refractivity contribution < 1.29 is 19.4 Å². The molecule has 1 unspecified atom stereocenters. The number of rotatable bonds is 8. The first-order valence-electron chi connectivity index (χ1n) is 6.90. The Kier molecular flexibility index (Phi) is 7.02. The molecule has 0 bridgehead atoms. The molecule has 0 saturated carbocycles. The topological polar surface area (TPSA) is 66.8 Å². The molecular formula is C15H20ClNO4. The molecule has 0 aromatic heterocycles. The van der Waals surface area contributed by atoms with E-state index in [0.29, 0.717) is 18.1 Å². The van der Waals surface area contributed by atoms with E-state index >= 15 is 0 Å². The van der Waals surface area contributed by atoms with Crippen LogP contribution in [0, 0.1) is 0 Å². The Balaban J connectivity index is 2.91. The van der Waals surface area contributed by atoms with E-state index in [1.54, 1.807) is 43.0 Å². The number of ether oxygens (including phenoxy) is 1. The quantitative estimate of drug-likeness (QED) is 0.747. The Hall–Kier alpha value is -1.75. The number of esters is 1. The molecule has 1 N–H and O–H groups in total. The summed E-state index contributed by atoms with van der Waals surface area (Å²) in [6, 6.07) is 6.20. The van der Waals surface area contributed by atoms with E-state index in [1.165, 1.54) is 0 Å². The maximum atomic E-state index is 11.5. The van der Waals surface area contributed by atoms with Gasteiger partial charge in [0.2, 0.25) is 0 Å².